The normalized spacial score (nSPS) is 10.5. The van der Waals surface area contributed by atoms with Crippen molar-refractivity contribution in [1.29, 1.82) is 0 Å². The first-order valence-corrected chi connectivity index (χ1v) is 6.56. The summed E-state index contributed by atoms with van der Waals surface area (Å²) in [7, 11) is 0. The molecule has 0 atom stereocenters. The minimum absolute atomic E-state index is 0.0118. The molecule has 0 spiro atoms. The summed E-state index contributed by atoms with van der Waals surface area (Å²) in [6.07, 6.45) is 0.954. The molecule has 0 radical (unpaired) electrons. The van der Waals surface area contributed by atoms with Crippen LogP contribution in [0.15, 0.2) is 6.07 Å². The highest BCUT2D eigenvalue weighted by atomic mass is 32.1. The second kappa shape index (κ2) is 7.42. The van der Waals surface area contributed by atoms with Crippen LogP contribution in [0.2, 0.25) is 0 Å². The number of rotatable bonds is 7. The van der Waals surface area contributed by atoms with Gasteiger partial charge in [-0.25, -0.2) is 0 Å². The number of aryl methyl sites for hydroxylation is 2. The number of aliphatic hydroxyl groups is 1. The van der Waals surface area contributed by atoms with E-state index in [2.05, 4.69) is 12.2 Å². The Morgan fingerprint density at radius 2 is 2.29 bits per heavy atom. The Hall–Kier alpha value is -0.910. The summed E-state index contributed by atoms with van der Waals surface area (Å²) >= 11 is 1.52. The molecule has 0 saturated heterocycles. The van der Waals surface area contributed by atoms with Gasteiger partial charge in [0.05, 0.1) is 24.7 Å². The van der Waals surface area contributed by atoms with Crippen molar-refractivity contribution in [3.63, 3.8) is 0 Å². The van der Waals surface area contributed by atoms with E-state index in [4.69, 9.17) is 9.84 Å². The molecule has 0 fully saturated rings. The summed E-state index contributed by atoms with van der Waals surface area (Å²) in [5.41, 5.74) is 1.23. The fourth-order valence-corrected chi connectivity index (χ4v) is 2.50. The molecule has 1 rings (SSSR count). The minimum atomic E-state index is -0.0506. The maximum atomic E-state index is 11.8. The molecule has 17 heavy (non-hydrogen) atoms. The first kappa shape index (κ1) is 14.2. The van der Waals surface area contributed by atoms with E-state index in [9.17, 15) is 4.79 Å². The van der Waals surface area contributed by atoms with Crippen molar-refractivity contribution in [2.45, 2.75) is 20.3 Å². The quantitative estimate of drug-likeness (QED) is 0.725. The van der Waals surface area contributed by atoms with Gasteiger partial charge in [0.25, 0.3) is 5.91 Å². The third kappa shape index (κ3) is 4.46. The molecule has 4 nitrogen and oxygen atoms in total. The van der Waals surface area contributed by atoms with E-state index in [1.54, 1.807) is 0 Å². The molecule has 0 unspecified atom stereocenters. The monoisotopic (exact) mass is 257 g/mol. The van der Waals surface area contributed by atoms with E-state index in [-0.39, 0.29) is 12.5 Å². The van der Waals surface area contributed by atoms with Gasteiger partial charge in [0, 0.05) is 11.4 Å². The summed E-state index contributed by atoms with van der Waals surface area (Å²) in [4.78, 5) is 13.7. The number of amides is 1. The predicted molar refractivity (Wildman–Crippen MR) is 68.7 cm³/mol. The van der Waals surface area contributed by atoms with Crippen molar-refractivity contribution in [1.82, 2.24) is 5.32 Å². The van der Waals surface area contributed by atoms with E-state index in [0.717, 1.165) is 11.3 Å². The van der Waals surface area contributed by atoms with Crippen LogP contribution in [0.1, 0.15) is 27.0 Å². The van der Waals surface area contributed by atoms with E-state index >= 15 is 0 Å². The van der Waals surface area contributed by atoms with Crippen LogP contribution in [0.3, 0.4) is 0 Å². The van der Waals surface area contributed by atoms with Crippen molar-refractivity contribution in [3.05, 3.63) is 21.4 Å². The van der Waals surface area contributed by atoms with Gasteiger partial charge < -0.3 is 15.2 Å². The zero-order chi connectivity index (χ0) is 12.7. The van der Waals surface area contributed by atoms with Crippen LogP contribution in [0.5, 0.6) is 0 Å². The van der Waals surface area contributed by atoms with Crippen LogP contribution in [0.25, 0.3) is 0 Å². The average Bonchev–Trinajstić information content (AvgIpc) is 2.70. The largest absolute Gasteiger partial charge is 0.394 e. The van der Waals surface area contributed by atoms with E-state index in [1.165, 1.54) is 21.8 Å². The Bertz CT molecular complexity index is 363. The average molecular weight is 257 g/mol. The van der Waals surface area contributed by atoms with E-state index < -0.39 is 0 Å². The second-order valence-electron chi connectivity index (χ2n) is 3.64. The molecule has 0 bridgehead atoms. The number of thiophene rings is 1. The molecule has 0 aliphatic carbocycles. The fourth-order valence-electron chi connectivity index (χ4n) is 1.47. The minimum Gasteiger partial charge on any atom is -0.394 e. The molecule has 1 amide bonds. The summed E-state index contributed by atoms with van der Waals surface area (Å²) < 4.78 is 5.06. The number of hydrogen-bond acceptors (Lipinski definition) is 4. The molecule has 0 saturated carbocycles. The van der Waals surface area contributed by atoms with Crippen LogP contribution >= 0.6 is 11.3 Å². The van der Waals surface area contributed by atoms with Gasteiger partial charge in [-0.3, -0.25) is 4.79 Å². The van der Waals surface area contributed by atoms with Crippen LogP contribution in [0, 0.1) is 6.92 Å². The first-order valence-electron chi connectivity index (χ1n) is 5.75. The highest BCUT2D eigenvalue weighted by Gasteiger charge is 2.10. The number of nitrogens with one attached hydrogen (secondary N) is 1. The van der Waals surface area contributed by atoms with Crippen molar-refractivity contribution in [3.8, 4) is 0 Å². The Balaban J connectivity index is 2.36. The summed E-state index contributed by atoms with van der Waals surface area (Å²) in [6.45, 7) is 5.34. The zero-order valence-corrected chi connectivity index (χ0v) is 11.1. The van der Waals surface area contributed by atoms with Crippen molar-refractivity contribution < 1.29 is 14.6 Å². The smallest absolute Gasteiger partial charge is 0.261 e. The lowest BCUT2D eigenvalue weighted by molar-refractivity contribution is 0.0840. The van der Waals surface area contributed by atoms with Gasteiger partial charge in [-0.2, -0.15) is 0 Å². The standard InChI is InChI=1S/C12H19NO3S/c1-3-10-8-11(17-9(10)2)12(15)13-4-6-16-7-5-14/h8,14H,3-7H2,1-2H3,(H,13,15). The lowest BCUT2D eigenvalue weighted by Crippen LogP contribution is -2.26. The van der Waals surface area contributed by atoms with Gasteiger partial charge in [0.2, 0.25) is 0 Å². The summed E-state index contributed by atoms with van der Waals surface area (Å²) in [5, 5.41) is 11.3. The maximum absolute atomic E-state index is 11.8. The Morgan fingerprint density at radius 3 is 2.88 bits per heavy atom. The molecule has 1 aromatic rings. The molecule has 96 valence electrons. The number of carbonyl (C=O) groups is 1. The molecular weight excluding hydrogens is 238 g/mol. The van der Waals surface area contributed by atoms with Gasteiger partial charge in [0.15, 0.2) is 0 Å². The Kier molecular flexibility index (Phi) is 6.18. The highest BCUT2D eigenvalue weighted by molar-refractivity contribution is 7.14. The third-order valence-corrected chi connectivity index (χ3v) is 3.48. The Morgan fingerprint density at radius 1 is 1.53 bits per heavy atom. The zero-order valence-electron chi connectivity index (χ0n) is 10.3. The molecule has 5 heteroatoms. The van der Waals surface area contributed by atoms with Gasteiger partial charge in [-0.1, -0.05) is 6.92 Å². The van der Waals surface area contributed by atoms with E-state index in [0.29, 0.717) is 19.8 Å². The molecule has 0 aromatic carbocycles. The predicted octanol–water partition coefficient (Wildman–Crippen LogP) is 1.36. The van der Waals surface area contributed by atoms with Crippen LogP contribution in [-0.2, 0) is 11.2 Å². The van der Waals surface area contributed by atoms with Crippen molar-refractivity contribution >= 4 is 17.2 Å². The molecule has 0 aliphatic heterocycles. The molecule has 0 aliphatic rings. The van der Waals surface area contributed by atoms with Crippen LogP contribution < -0.4 is 5.32 Å². The lowest BCUT2D eigenvalue weighted by Gasteiger charge is -2.03. The topological polar surface area (TPSA) is 58.6 Å². The number of hydrogen-bond donors (Lipinski definition) is 2. The van der Waals surface area contributed by atoms with Crippen molar-refractivity contribution in [2.75, 3.05) is 26.4 Å². The SMILES string of the molecule is CCc1cc(C(=O)NCCOCCO)sc1C. The highest BCUT2D eigenvalue weighted by Crippen LogP contribution is 2.21. The second-order valence-corrected chi connectivity index (χ2v) is 4.89. The molecule has 1 aromatic heterocycles. The number of aliphatic hydroxyl groups excluding tert-OH is 1. The van der Waals surface area contributed by atoms with Gasteiger partial charge in [-0.15, -0.1) is 11.3 Å². The number of carbonyl (C=O) groups excluding carboxylic acids is 1. The van der Waals surface area contributed by atoms with E-state index in [1.807, 2.05) is 13.0 Å². The van der Waals surface area contributed by atoms with Gasteiger partial charge >= 0.3 is 0 Å². The molecule has 1 heterocycles. The van der Waals surface area contributed by atoms with Gasteiger partial charge in [0.1, 0.15) is 0 Å². The summed E-state index contributed by atoms with van der Waals surface area (Å²) in [5.74, 6) is -0.0506. The number of ether oxygens (including phenoxy) is 1. The van der Waals surface area contributed by atoms with Gasteiger partial charge in [-0.05, 0) is 25.0 Å². The third-order valence-electron chi connectivity index (χ3n) is 2.39. The fraction of sp³-hybridized carbons (Fsp3) is 0.583. The first-order chi connectivity index (χ1) is 8.19. The maximum Gasteiger partial charge on any atom is 0.261 e. The summed E-state index contributed by atoms with van der Waals surface area (Å²) in [6, 6.07) is 1.95. The lowest BCUT2D eigenvalue weighted by atomic mass is 10.2. The molecular formula is C12H19NO3S. The Labute approximate surface area is 106 Å². The van der Waals surface area contributed by atoms with Crippen LogP contribution in [0.4, 0.5) is 0 Å². The van der Waals surface area contributed by atoms with Crippen LogP contribution in [-0.4, -0.2) is 37.4 Å². The molecule has 2 N–H and O–H groups in total. The van der Waals surface area contributed by atoms with Crippen molar-refractivity contribution in [2.24, 2.45) is 0 Å².